The Morgan fingerprint density at radius 3 is 2.89 bits per heavy atom. The van der Waals surface area contributed by atoms with E-state index in [2.05, 4.69) is 26.2 Å². The van der Waals surface area contributed by atoms with Gasteiger partial charge in [0.15, 0.2) is 0 Å². The minimum absolute atomic E-state index is 0.362. The summed E-state index contributed by atoms with van der Waals surface area (Å²) in [7, 11) is 1.87. The molecule has 0 aliphatic carbocycles. The molecule has 3 nitrogen and oxygen atoms in total. The van der Waals surface area contributed by atoms with Crippen molar-refractivity contribution in [3.05, 3.63) is 52.4 Å². The largest absolute Gasteiger partial charge is 0.439 e. The zero-order chi connectivity index (χ0) is 13.0. The summed E-state index contributed by atoms with van der Waals surface area (Å²) in [5.41, 5.74) is 1.06. The number of nitrogens with zero attached hydrogens (tertiary/aromatic N) is 1. The highest BCUT2D eigenvalue weighted by Gasteiger charge is 2.04. The predicted molar refractivity (Wildman–Crippen MR) is 71.2 cm³/mol. The molecule has 0 spiro atoms. The van der Waals surface area contributed by atoms with Gasteiger partial charge >= 0.3 is 0 Å². The van der Waals surface area contributed by atoms with Gasteiger partial charge < -0.3 is 10.1 Å². The van der Waals surface area contributed by atoms with Gasteiger partial charge in [-0.15, -0.1) is 0 Å². The van der Waals surface area contributed by atoms with Crippen molar-refractivity contribution in [2.24, 2.45) is 0 Å². The fourth-order valence-electron chi connectivity index (χ4n) is 1.48. The van der Waals surface area contributed by atoms with Crippen molar-refractivity contribution in [3.8, 4) is 11.6 Å². The average molecular weight is 311 g/mol. The Morgan fingerprint density at radius 2 is 2.17 bits per heavy atom. The van der Waals surface area contributed by atoms with Gasteiger partial charge in [0.2, 0.25) is 5.88 Å². The minimum Gasteiger partial charge on any atom is -0.439 e. The molecule has 18 heavy (non-hydrogen) atoms. The molecule has 5 heteroatoms. The van der Waals surface area contributed by atoms with Crippen LogP contribution in [-0.4, -0.2) is 12.0 Å². The number of halogens is 2. The van der Waals surface area contributed by atoms with E-state index < -0.39 is 0 Å². The maximum Gasteiger partial charge on any atom is 0.219 e. The molecule has 1 aromatic carbocycles. The number of hydrogen-bond acceptors (Lipinski definition) is 3. The Labute approximate surface area is 113 Å². The van der Waals surface area contributed by atoms with Crippen molar-refractivity contribution < 1.29 is 9.13 Å². The highest BCUT2D eigenvalue weighted by molar-refractivity contribution is 9.10. The molecule has 0 aliphatic heterocycles. The van der Waals surface area contributed by atoms with E-state index in [0.717, 1.165) is 12.1 Å². The molecule has 0 saturated heterocycles. The van der Waals surface area contributed by atoms with Crippen molar-refractivity contribution >= 4 is 15.9 Å². The van der Waals surface area contributed by atoms with Gasteiger partial charge in [0.1, 0.15) is 11.6 Å². The molecule has 0 unspecified atom stereocenters. The Morgan fingerprint density at radius 1 is 1.33 bits per heavy atom. The zero-order valence-electron chi connectivity index (χ0n) is 9.78. The normalized spacial score (nSPS) is 10.4. The van der Waals surface area contributed by atoms with Crippen LogP contribution in [0.5, 0.6) is 11.6 Å². The number of ether oxygens (including phenoxy) is 1. The molecule has 0 bridgehead atoms. The van der Waals surface area contributed by atoms with E-state index in [4.69, 9.17) is 4.74 Å². The highest BCUT2D eigenvalue weighted by atomic mass is 79.9. The first-order valence-corrected chi connectivity index (χ1v) is 6.21. The number of nitrogens with one attached hydrogen (secondary N) is 1. The average Bonchev–Trinajstić information content (AvgIpc) is 2.35. The van der Waals surface area contributed by atoms with Crippen LogP contribution in [0.4, 0.5) is 4.39 Å². The van der Waals surface area contributed by atoms with Gasteiger partial charge in [0.05, 0.1) is 4.47 Å². The number of hydrogen-bond donors (Lipinski definition) is 1. The molecule has 0 atom stereocenters. The van der Waals surface area contributed by atoms with Crippen LogP contribution in [0.15, 0.2) is 41.0 Å². The van der Waals surface area contributed by atoms with Crippen LogP contribution in [-0.2, 0) is 6.54 Å². The molecule has 0 saturated carbocycles. The number of benzene rings is 1. The van der Waals surface area contributed by atoms with Crippen molar-refractivity contribution in [2.45, 2.75) is 6.54 Å². The highest BCUT2D eigenvalue weighted by Crippen LogP contribution is 2.24. The monoisotopic (exact) mass is 310 g/mol. The van der Waals surface area contributed by atoms with Gasteiger partial charge in [-0.05, 0) is 46.7 Å². The summed E-state index contributed by atoms with van der Waals surface area (Å²) in [6, 6.07) is 8.31. The lowest BCUT2D eigenvalue weighted by Crippen LogP contribution is -2.05. The summed E-state index contributed by atoms with van der Waals surface area (Å²) in [4.78, 5) is 4.08. The van der Waals surface area contributed by atoms with Crippen molar-refractivity contribution in [1.82, 2.24) is 10.3 Å². The van der Waals surface area contributed by atoms with Crippen LogP contribution < -0.4 is 10.1 Å². The van der Waals surface area contributed by atoms with Crippen molar-refractivity contribution in [3.63, 3.8) is 0 Å². The van der Waals surface area contributed by atoms with Crippen LogP contribution in [0.25, 0.3) is 0 Å². The van der Waals surface area contributed by atoms with E-state index in [-0.39, 0.29) is 5.82 Å². The number of pyridine rings is 1. The van der Waals surface area contributed by atoms with Gasteiger partial charge in [0.25, 0.3) is 0 Å². The van der Waals surface area contributed by atoms with E-state index >= 15 is 0 Å². The van der Waals surface area contributed by atoms with Crippen molar-refractivity contribution in [1.29, 1.82) is 0 Å². The van der Waals surface area contributed by atoms with Gasteiger partial charge in [-0.1, -0.05) is 0 Å². The fraction of sp³-hybridized carbons (Fsp3) is 0.154. The first-order chi connectivity index (χ1) is 8.69. The van der Waals surface area contributed by atoms with Gasteiger partial charge in [0, 0.05) is 24.9 Å². The molecule has 2 aromatic rings. The van der Waals surface area contributed by atoms with Crippen molar-refractivity contribution in [2.75, 3.05) is 7.05 Å². The molecule has 0 aliphatic rings. The fourth-order valence-corrected chi connectivity index (χ4v) is 1.73. The van der Waals surface area contributed by atoms with E-state index in [0.29, 0.717) is 16.1 Å². The molecule has 1 aromatic heterocycles. The van der Waals surface area contributed by atoms with Crippen LogP contribution >= 0.6 is 15.9 Å². The smallest absolute Gasteiger partial charge is 0.219 e. The Kier molecular flexibility index (Phi) is 4.28. The van der Waals surface area contributed by atoms with Gasteiger partial charge in [-0.2, -0.15) is 0 Å². The first kappa shape index (κ1) is 13.0. The van der Waals surface area contributed by atoms with Gasteiger partial charge in [-0.3, -0.25) is 0 Å². The molecular weight excluding hydrogens is 299 g/mol. The zero-order valence-corrected chi connectivity index (χ0v) is 11.4. The number of aromatic nitrogens is 1. The number of rotatable bonds is 4. The second-order valence-electron chi connectivity index (χ2n) is 3.71. The maximum atomic E-state index is 13.3. The topological polar surface area (TPSA) is 34.2 Å². The van der Waals surface area contributed by atoms with E-state index in [9.17, 15) is 4.39 Å². The second kappa shape index (κ2) is 5.93. The lowest BCUT2D eigenvalue weighted by atomic mass is 10.2. The third kappa shape index (κ3) is 3.27. The summed E-state index contributed by atoms with van der Waals surface area (Å²) in [6.45, 7) is 0.730. The quantitative estimate of drug-likeness (QED) is 0.938. The first-order valence-electron chi connectivity index (χ1n) is 5.41. The SMILES string of the molecule is CNCc1ccnc(Oc2ccc(Br)c(F)c2)c1. The summed E-state index contributed by atoms with van der Waals surface area (Å²) >= 11 is 3.09. The summed E-state index contributed by atoms with van der Waals surface area (Å²) in [5, 5.41) is 3.04. The lowest BCUT2D eigenvalue weighted by molar-refractivity contribution is 0.456. The van der Waals surface area contributed by atoms with E-state index in [1.807, 2.05) is 19.2 Å². The summed E-state index contributed by atoms with van der Waals surface area (Å²) in [6.07, 6.45) is 1.66. The summed E-state index contributed by atoms with van der Waals surface area (Å²) in [5.74, 6) is 0.508. The van der Waals surface area contributed by atoms with Crippen LogP contribution in [0.2, 0.25) is 0 Å². The third-order valence-corrected chi connectivity index (χ3v) is 2.94. The third-order valence-electron chi connectivity index (χ3n) is 2.29. The Hall–Kier alpha value is -1.46. The van der Waals surface area contributed by atoms with Crippen LogP contribution in [0.3, 0.4) is 0 Å². The molecular formula is C13H12BrFN2O. The minimum atomic E-state index is -0.362. The summed E-state index contributed by atoms with van der Waals surface area (Å²) < 4.78 is 19.2. The molecule has 0 fully saturated rings. The maximum absolute atomic E-state index is 13.3. The Bertz CT molecular complexity index is 548. The van der Waals surface area contributed by atoms with Crippen LogP contribution in [0.1, 0.15) is 5.56 Å². The van der Waals surface area contributed by atoms with Gasteiger partial charge in [-0.25, -0.2) is 9.37 Å². The van der Waals surface area contributed by atoms with E-state index in [1.54, 1.807) is 18.3 Å². The Balaban J connectivity index is 2.17. The second-order valence-corrected chi connectivity index (χ2v) is 4.56. The molecule has 1 N–H and O–H groups in total. The standard InChI is InChI=1S/C13H12BrFN2O/c1-16-8-9-4-5-17-13(6-9)18-10-2-3-11(14)12(15)7-10/h2-7,16H,8H2,1H3. The molecule has 1 heterocycles. The predicted octanol–water partition coefficient (Wildman–Crippen LogP) is 3.49. The molecule has 0 amide bonds. The molecule has 2 rings (SSSR count). The molecule has 94 valence electrons. The van der Waals surface area contributed by atoms with E-state index in [1.165, 1.54) is 6.07 Å². The molecule has 0 radical (unpaired) electrons. The van der Waals surface area contributed by atoms with Crippen LogP contribution in [0, 0.1) is 5.82 Å². The lowest BCUT2D eigenvalue weighted by Gasteiger charge is -2.07.